The van der Waals surface area contributed by atoms with Crippen molar-refractivity contribution in [3.8, 4) is 0 Å². The molecule has 0 aromatic heterocycles. The van der Waals surface area contributed by atoms with Gasteiger partial charge in [-0.1, -0.05) is 39.0 Å². The van der Waals surface area contributed by atoms with Gasteiger partial charge >= 0.3 is 0 Å². The second-order valence-corrected chi connectivity index (χ2v) is 6.44. The van der Waals surface area contributed by atoms with Crippen LogP contribution in [-0.2, 0) is 0 Å². The van der Waals surface area contributed by atoms with Gasteiger partial charge in [-0.05, 0) is 54.0 Å². The first-order valence-electron chi connectivity index (χ1n) is 8.02. The molecular weight excluding hydrogens is 234 g/mol. The SMILES string of the molecule is CCCCCCCC(C)(CN)N(C)CCCN(C)C. The molecule has 0 saturated carbocycles. The summed E-state index contributed by atoms with van der Waals surface area (Å²) in [6.45, 7) is 7.65. The molecule has 1 atom stereocenters. The number of nitrogens with two attached hydrogens (primary N) is 1. The Hall–Kier alpha value is -0.120. The third-order valence-electron chi connectivity index (χ3n) is 4.28. The van der Waals surface area contributed by atoms with Gasteiger partial charge < -0.3 is 10.6 Å². The van der Waals surface area contributed by atoms with Crippen LogP contribution in [0.3, 0.4) is 0 Å². The molecule has 0 aliphatic heterocycles. The fourth-order valence-electron chi connectivity index (χ4n) is 2.45. The van der Waals surface area contributed by atoms with E-state index in [0.717, 1.165) is 19.6 Å². The van der Waals surface area contributed by atoms with E-state index in [4.69, 9.17) is 5.73 Å². The molecule has 116 valence electrons. The van der Waals surface area contributed by atoms with Crippen molar-refractivity contribution in [2.24, 2.45) is 5.73 Å². The molecule has 0 heterocycles. The number of nitrogens with zero attached hydrogens (tertiary/aromatic N) is 2. The summed E-state index contributed by atoms with van der Waals surface area (Å²) in [5.41, 5.74) is 6.21. The number of unbranched alkanes of at least 4 members (excludes halogenated alkanes) is 4. The summed E-state index contributed by atoms with van der Waals surface area (Å²) in [7, 11) is 6.50. The van der Waals surface area contributed by atoms with Gasteiger partial charge in [-0.15, -0.1) is 0 Å². The summed E-state index contributed by atoms with van der Waals surface area (Å²) in [6.07, 6.45) is 9.18. The van der Waals surface area contributed by atoms with Crippen LogP contribution in [0.5, 0.6) is 0 Å². The Morgan fingerprint density at radius 1 is 0.895 bits per heavy atom. The van der Waals surface area contributed by atoms with Crippen LogP contribution >= 0.6 is 0 Å². The van der Waals surface area contributed by atoms with Crippen molar-refractivity contribution in [2.75, 3.05) is 40.8 Å². The van der Waals surface area contributed by atoms with Crippen molar-refractivity contribution in [2.45, 2.75) is 64.3 Å². The molecule has 0 radical (unpaired) electrons. The normalized spacial score (nSPS) is 15.2. The van der Waals surface area contributed by atoms with Crippen molar-refractivity contribution in [3.63, 3.8) is 0 Å². The summed E-state index contributed by atoms with van der Waals surface area (Å²) in [4.78, 5) is 4.72. The molecule has 0 saturated heterocycles. The number of hydrogen-bond acceptors (Lipinski definition) is 3. The summed E-state index contributed by atoms with van der Waals surface area (Å²) in [5, 5.41) is 0. The minimum atomic E-state index is 0.179. The molecule has 0 amide bonds. The van der Waals surface area contributed by atoms with E-state index in [9.17, 15) is 0 Å². The van der Waals surface area contributed by atoms with Gasteiger partial charge in [0.2, 0.25) is 0 Å². The second-order valence-electron chi connectivity index (χ2n) is 6.44. The molecule has 3 nitrogen and oxygen atoms in total. The first kappa shape index (κ1) is 18.9. The maximum atomic E-state index is 6.03. The highest BCUT2D eigenvalue weighted by Crippen LogP contribution is 2.21. The molecule has 3 heteroatoms. The zero-order valence-corrected chi connectivity index (χ0v) is 14.0. The number of rotatable bonds is 12. The molecular formula is C16H37N3. The second kappa shape index (κ2) is 10.6. The third kappa shape index (κ3) is 8.61. The Bertz CT molecular complexity index is 206. The smallest absolute Gasteiger partial charge is 0.0300 e. The zero-order chi connectivity index (χ0) is 14.7. The lowest BCUT2D eigenvalue weighted by Gasteiger charge is -2.38. The average molecular weight is 271 g/mol. The van der Waals surface area contributed by atoms with Crippen molar-refractivity contribution in [3.05, 3.63) is 0 Å². The van der Waals surface area contributed by atoms with Gasteiger partial charge in [0.25, 0.3) is 0 Å². The Kier molecular flexibility index (Phi) is 10.6. The van der Waals surface area contributed by atoms with Crippen LogP contribution in [0.4, 0.5) is 0 Å². The molecule has 0 aliphatic rings. The van der Waals surface area contributed by atoms with Gasteiger partial charge in [0, 0.05) is 12.1 Å². The maximum Gasteiger partial charge on any atom is 0.0300 e. The summed E-state index contributed by atoms with van der Waals surface area (Å²) in [5.74, 6) is 0. The largest absolute Gasteiger partial charge is 0.329 e. The number of hydrogen-bond donors (Lipinski definition) is 1. The highest BCUT2D eigenvalue weighted by Gasteiger charge is 2.26. The zero-order valence-electron chi connectivity index (χ0n) is 14.0. The average Bonchev–Trinajstić information content (AvgIpc) is 2.37. The molecule has 0 rings (SSSR count). The fourth-order valence-corrected chi connectivity index (χ4v) is 2.45. The van der Waals surface area contributed by atoms with Crippen LogP contribution in [-0.4, -0.2) is 56.1 Å². The van der Waals surface area contributed by atoms with Crippen molar-refractivity contribution in [1.82, 2.24) is 9.80 Å². The monoisotopic (exact) mass is 271 g/mol. The van der Waals surface area contributed by atoms with E-state index in [0.29, 0.717) is 0 Å². The van der Waals surface area contributed by atoms with Crippen molar-refractivity contribution < 1.29 is 0 Å². The third-order valence-corrected chi connectivity index (χ3v) is 4.28. The first-order chi connectivity index (χ1) is 8.96. The Morgan fingerprint density at radius 2 is 1.53 bits per heavy atom. The van der Waals surface area contributed by atoms with Gasteiger partial charge in [-0.3, -0.25) is 4.90 Å². The molecule has 2 N–H and O–H groups in total. The topological polar surface area (TPSA) is 32.5 Å². The van der Waals surface area contributed by atoms with Gasteiger partial charge in [0.1, 0.15) is 0 Å². The Labute approximate surface area is 121 Å². The molecule has 19 heavy (non-hydrogen) atoms. The Morgan fingerprint density at radius 3 is 2.05 bits per heavy atom. The van der Waals surface area contributed by atoms with Gasteiger partial charge in [0.15, 0.2) is 0 Å². The lowest BCUT2D eigenvalue weighted by Crippen LogP contribution is -2.50. The summed E-state index contributed by atoms with van der Waals surface area (Å²) >= 11 is 0. The molecule has 0 fully saturated rings. The van der Waals surface area contributed by atoms with Crippen LogP contribution < -0.4 is 5.73 Å². The standard InChI is InChI=1S/C16H37N3/c1-6-7-8-9-10-12-16(2,15-17)19(5)14-11-13-18(3)4/h6-15,17H2,1-5H3. The van der Waals surface area contributed by atoms with Crippen LogP contribution in [0, 0.1) is 0 Å². The quantitative estimate of drug-likeness (QED) is 0.554. The highest BCUT2D eigenvalue weighted by atomic mass is 15.2. The molecule has 0 bridgehead atoms. The van der Waals surface area contributed by atoms with E-state index in [-0.39, 0.29) is 5.54 Å². The molecule has 0 aromatic rings. The molecule has 1 unspecified atom stereocenters. The molecule has 0 spiro atoms. The predicted molar refractivity (Wildman–Crippen MR) is 86.6 cm³/mol. The predicted octanol–water partition coefficient (Wildman–Crippen LogP) is 2.95. The van der Waals surface area contributed by atoms with Gasteiger partial charge in [-0.2, -0.15) is 0 Å². The summed E-state index contributed by atoms with van der Waals surface area (Å²) < 4.78 is 0. The lowest BCUT2D eigenvalue weighted by atomic mass is 9.92. The minimum Gasteiger partial charge on any atom is -0.329 e. The molecule has 0 aliphatic carbocycles. The maximum absolute atomic E-state index is 6.03. The van der Waals surface area contributed by atoms with E-state index in [2.05, 4.69) is 44.8 Å². The summed E-state index contributed by atoms with van der Waals surface area (Å²) in [6, 6.07) is 0. The van der Waals surface area contributed by atoms with E-state index in [1.165, 1.54) is 44.9 Å². The number of likely N-dealkylation sites (N-methyl/N-ethyl adjacent to an activating group) is 1. The van der Waals surface area contributed by atoms with Crippen LogP contribution in [0.15, 0.2) is 0 Å². The lowest BCUT2D eigenvalue weighted by molar-refractivity contribution is 0.125. The highest BCUT2D eigenvalue weighted by molar-refractivity contribution is 4.85. The molecule has 0 aromatic carbocycles. The van der Waals surface area contributed by atoms with Crippen LogP contribution in [0.2, 0.25) is 0 Å². The minimum absolute atomic E-state index is 0.179. The van der Waals surface area contributed by atoms with E-state index >= 15 is 0 Å². The van der Waals surface area contributed by atoms with Crippen LogP contribution in [0.25, 0.3) is 0 Å². The van der Waals surface area contributed by atoms with Crippen molar-refractivity contribution in [1.29, 1.82) is 0 Å². The first-order valence-corrected chi connectivity index (χ1v) is 8.02. The van der Waals surface area contributed by atoms with Crippen LogP contribution in [0.1, 0.15) is 58.8 Å². The van der Waals surface area contributed by atoms with E-state index in [1.807, 2.05) is 0 Å². The Balaban J connectivity index is 3.96. The van der Waals surface area contributed by atoms with E-state index in [1.54, 1.807) is 0 Å². The fraction of sp³-hybridized carbons (Fsp3) is 1.00. The van der Waals surface area contributed by atoms with E-state index < -0.39 is 0 Å². The van der Waals surface area contributed by atoms with Crippen molar-refractivity contribution >= 4 is 0 Å². The van der Waals surface area contributed by atoms with Gasteiger partial charge in [0.05, 0.1) is 0 Å². The van der Waals surface area contributed by atoms with Gasteiger partial charge in [-0.25, -0.2) is 0 Å².